The largest absolute Gasteiger partial charge is 0.483 e. The van der Waals surface area contributed by atoms with Crippen LogP contribution in [0.2, 0.25) is 0 Å². The van der Waals surface area contributed by atoms with Gasteiger partial charge in [0.25, 0.3) is 11.8 Å². The van der Waals surface area contributed by atoms with E-state index in [2.05, 4.69) is 0 Å². The fourth-order valence-electron chi connectivity index (χ4n) is 1.54. The van der Waals surface area contributed by atoms with Gasteiger partial charge in [0, 0.05) is 13.6 Å². The first-order valence-electron chi connectivity index (χ1n) is 5.85. The first-order valence-corrected chi connectivity index (χ1v) is 5.85. The van der Waals surface area contributed by atoms with E-state index in [1.807, 2.05) is 0 Å². The Labute approximate surface area is 111 Å². The second-order valence-electron chi connectivity index (χ2n) is 4.27. The molecule has 1 atom stereocenters. The molecule has 0 radical (unpaired) electrons. The first kappa shape index (κ1) is 15.0. The van der Waals surface area contributed by atoms with Gasteiger partial charge in [-0.05, 0) is 19.1 Å². The van der Waals surface area contributed by atoms with Gasteiger partial charge in [-0.1, -0.05) is 12.1 Å². The molecule has 1 aromatic carbocycles. The zero-order valence-electron chi connectivity index (χ0n) is 11.0. The summed E-state index contributed by atoms with van der Waals surface area (Å²) in [5.41, 5.74) is 5.43. The van der Waals surface area contributed by atoms with E-state index in [0.717, 1.165) is 0 Å². The molecule has 1 rings (SSSR count). The van der Waals surface area contributed by atoms with E-state index in [1.54, 1.807) is 32.2 Å². The maximum Gasteiger partial charge on any atom is 0.260 e. The van der Waals surface area contributed by atoms with Crippen LogP contribution in [0, 0.1) is 0 Å². The lowest BCUT2D eigenvalue weighted by molar-refractivity contribution is -0.133. The number of aliphatic hydroxyl groups excluding tert-OH is 1. The highest BCUT2D eigenvalue weighted by atomic mass is 16.5. The minimum Gasteiger partial charge on any atom is -0.483 e. The molecule has 0 saturated heterocycles. The normalized spacial score (nSPS) is 11.7. The zero-order valence-corrected chi connectivity index (χ0v) is 11.0. The molecule has 2 amide bonds. The molecule has 0 heterocycles. The molecule has 104 valence electrons. The number of rotatable bonds is 6. The number of carbonyl (C=O) groups excluding carboxylic acids is 2. The van der Waals surface area contributed by atoms with Crippen LogP contribution in [0.5, 0.6) is 5.75 Å². The van der Waals surface area contributed by atoms with Crippen molar-refractivity contribution < 1.29 is 19.4 Å². The lowest BCUT2D eigenvalue weighted by atomic mass is 10.2. The number of ether oxygens (including phenoxy) is 1. The molecule has 0 bridgehead atoms. The smallest absolute Gasteiger partial charge is 0.260 e. The Balaban J connectivity index is 2.62. The van der Waals surface area contributed by atoms with Crippen molar-refractivity contribution in [1.29, 1.82) is 0 Å². The zero-order chi connectivity index (χ0) is 14.4. The van der Waals surface area contributed by atoms with E-state index < -0.39 is 12.0 Å². The van der Waals surface area contributed by atoms with Crippen LogP contribution < -0.4 is 10.5 Å². The van der Waals surface area contributed by atoms with Crippen LogP contribution in [0.1, 0.15) is 17.3 Å². The molecule has 0 saturated carbocycles. The molecule has 0 fully saturated rings. The minimum absolute atomic E-state index is 0.215. The third-order valence-electron chi connectivity index (χ3n) is 2.47. The number of amides is 2. The first-order chi connectivity index (χ1) is 8.91. The molecule has 0 aliphatic rings. The number of carbonyl (C=O) groups is 2. The molecule has 0 aliphatic carbocycles. The number of benzene rings is 1. The predicted molar refractivity (Wildman–Crippen MR) is 69.8 cm³/mol. The number of aliphatic hydroxyl groups is 1. The quantitative estimate of drug-likeness (QED) is 0.758. The van der Waals surface area contributed by atoms with Crippen molar-refractivity contribution in [2.75, 3.05) is 20.2 Å². The molecular weight excluding hydrogens is 248 g/mol. The number of primary amides is 1. The van der Waals surface area contributed by atoms with Crippen LogP contribution in [0.4, 0.5) is 0 Å². The van der Waals surface area contributed by atoms with Gasteiger partial charge in [-0.15, -0.1) is 0 Å². The summed E-state index contributed by atoms with van der Waals surface area (Å²) in [5, 5.41) is 9.18. The van der Waals surface area contributed by atoms with Crippen molar-refractivity contribution in [3.05, 3.63) is 29.8 Å². The number of likely N-dealkylation sites (N-methyl/N-ethyl adjacent to an activating group) is 1. The summed E-state index contributed by atoms with van der Waals surface area (Å²) >= 11 is 0. The molecule has 0 aromatic heterocycles. The Hall–Kier alpha value is -2.08. The standard InChI is InChI=1S/C13H18N2O4/c1-9(16)7-15(2)12(17)8-19-11-6-4-3-5-10(11)13(14)18/h3-6,9,16H,7-8H2,1-2H3,(H2,14,18). The van der Waals surface area contributed by atoms with Gasteiger partial charge in [-0.25, -0.2) is 0 Å². The maximum absolute atomic E-state index is 11.7. The highest BCUT2D eigenvalue weighted by Crippen LogP contribution is 2.17. The summed E-state index contributed by atoms with van der Waals surface area (Å²) in [6, 6.07) is 6.45. The van der Waals surface area contributed by atoms with Gasteiger partial charge in [0.1, 0.15) is 5.75 Å². The van der Waals surface area contributed by atoms with Crippen LogP contribution in [0.15, 0.2) is 24.3 Å². The summed E-state index contributed by atoms with van der Waals surface area (Å²) in [6.45, 7) is 1.60. The monoisotopic (exact) mass is 266 g/mol. The Morgan fingerprint density at radius 3 is 2.63 bits per heavy atom. The third-order valence-corrected chi connectivity index (χ3v) is 2.47. The van der Waals surface area contributed by atoms with Gasteiger partial charge in [0.2, 0.25) is 0 Å². The predicted octanol–water partition coefficient (Wildman–Crippen LogP) is 0.00350. The number of hydrogen-bond donors (Lipinski definition) is 2. The fraction of sp³-hybridized carbons (Fsp3) is 0.385. The van der Waals surface area contributed by atoms with Gasteiger partial charge in [0.05, 0.1) is 11.7 Å². The molecule has 19 heavy (non-hydrogen) atoms. The van der Waals surface area contributed by atoms with Crippen LogP contribution in [-0.2, 0) is 4.79 Å². The number of nitrogens with zero attached hydrogens (tertiary/aromatic N) is 1. The van der Waals surface area contributed by atoms with Gasteiger partial charge in [-0.2, -0.15) is 0 Å². The molecule has 6 nitrogen and oxygen atoms in total. The minimum atomic E-state index is -0.611. The highest BCUT2D eigenvalue weighted by molar-refractivity contribution is 5.95. The van der Waals surface area contributed by atoms with E-state index in [4.69, 9.17) is 10.5 Å². The maximum atomic E-state index is 11.7. The SMILES string of the molecule is CC(O)CN(C)C(=O)COc1ccccc1C(N)=O. The summed E-state index contributed by atoms with van der Waals surface area (Å²) in [7, 11) is 1.57. The van der Waals surface area contributed by atoms with Crippen molar-refractivity contribution in [2.45, 2.75) is 13.0 Å². The Bertz CT molecular complexity index is 460. The second-order valence-corrected chi connectivity index (χ2v) is 4.27. The van der Waals surface area contributed by atoms with Crippen LogP contribution in [0.3, 0.4) is 0 Å². The van der Waals surface area contributed by atoms with Crippen LogP contribution >= 0.6 is 0 Å². The molecule has 6 heteroatoms. The summed E-state index contributed by atoms with van der Waals surface area (Å²) in [6.07, 6.45) is -0.605. The fourth-order valence-corrected chi connectivity index (χ4v) is 1.54. The van der Waals surface area contributed by atoms with Crippen molar-refractivity contribution in [2.24, 2.45) is 5.73 Å². The number of hydrogen-bond acceptors (Lipinski definition) is 4. The molecule has 0 aliphatic heterocycles. The Morgan fingerprint density at radius 1 is 1.42 bits per heavy atom. The van der Waals surface area contributed by atoms with E-state index in [-0.39, 0.29) is 30.4 Å². The average Bonchev–Trinajstić information content (AvgIpc) is 2.35. The lowest BCUT2D eigenvalue weighted by Gasteiger charge is -2.19. The van der Waals surface area contributed by atoms with Crippen LogP contribution in [-0.4, -0.2) is 48.1 Å². The average molecular weight is 266 g/mol. The van der Waals surface area contributed by atoms with Crippen molar-refractivity contribution in [1.82, 2.24) is 4.90 Å². The molecular formula is C13H18N2O4. The van der Waals surface area contributed by atoms with E-state index in [9.17, 15) is 14.7 Å². The Kier molecular flexibility index (Phi) is 5.32. The summed E-state index contributed by atoms with van der Waals surface area (Å²) in [4.78, 5) is 24.2. The van der Waals surface area contributed by atoms with E-state index in [0.29, 0.717) is 0 Å². The second kappa shape index (κ2) is 6.75. The molecule has 3 N–H and O–H groups in total. The van der Waals surface area contributed by atoms with E-state index >= 15 is 0 Å². The Morgan fingerprint density at radius 2 is 2.05 bits per heavy atom. The number of para-hydroxylation sites is 1. The van der Waals surface area contributed by atoms with Gasteiger partial charge in [0.15, 0.2) is 6.61 Å². The third kappa shape index (κ3) is 4.59. The van der Waals surface area contributed by atoms with Gasteiger partial charge in [-0.3, -0.25) is 9.59 Å². The lowest BCUT2D eigenvalue weighted by Crippen LogP contribution is -2.36. The van der Waals surface area contributed by atoms with Gasteiger partial charge < -0.3 is 20.5 Å². The highest BCUT2D eigenvalue weighted by Gasteiger charge is 2.14. The van der Waals surface area contributed by atoms with Crippen LogP contribution in [0.25, 0.3) is 0 Å². The molecule has 1 unspecified atom stereocenters. The molecule has 0 spiro atoms. The van der Waals surface area contributed by atoms with Crippen molar-refractivity contribution >= 4 is 11.8 Å². The topological polar surface area (TPSA) is 92.9 Å². The van der Waals surface area contributed by atoms with Crippen molar-refractivity contribution in [3.63, 3.8) is 0 Å². The number of nitrogens with two attached hydrogens (primary N) is 1. The molecule has 1 aromatic rings. The van der Waals surface area contributed by atoms with Gasteiger partial charge >= 0.3 is 0 Å². The summed E-state index contributed by atoms with van der Waals surface area (Å²) in [5.74, 6) is -0.630. The van der Waals surface area contributed by atoms with E-state index in [1.165, 1.54) is 11.0 Å². The summed E-state index contributed by atoms with van der Waals surface area (Å²) < 4.78 is 5.29. The van der Waals surface area contributed by atoms with Crippen molar-refractivity contribution in [3.8, 4) is 5.75 Å².